The molecule has 0 aromatic heterocycles. The molecule has 0 bridgehead atoms. The van der Waals surface area contributed by atoms with Gasteiger partial charge in [0.1, 0.15) is 0 Å². The standard InChI is InChI=1S/C22H29F3O5S/c1-15(8-7-9-16(2)14-20(26)29-6)10-11-18-17(3)19(12-13-21(18,4)5)30-31(27,28)22(23,24)25/h7-11,14,19H,12-13H2,1-6H3/b9-7+,11-10+,15-8+,16-14-. The van der Waals surface area contributed by atoms with Gasteiger partial charge in [-0.05, 0) is 55.7 Å². The monoisotopic (exact) mass is 462 g/mol. The first-order chi connectivity index (χ1) is 14.1. The van der Waals surface area contributed by atoms with E-state index in [-0.39, 0.29) is 11.8 Å². The van der Waals surface area contributed by atoms with Gasteiger partial charge in [-0.15, -0.1) is 0 Å². The SMILES string of the molecule is COC(=O)\C=C(C)/C=C/C=C(C)/C=C/C1=C(C)C(OS(=O)(=O)C(F)(F)F)CCC1(C)C. The van der Waals surface area contributed by atoms with Gasteiger partial charge in [0.15, 0.2) is 0 Å². The van der Waals surface area contributed by atoms with Crippen molar-refractivity contribution in [1.29, 1.82) is 0 Å². The number of allylic oxidation sites excluding steroid dienone is 8. The first-order valence-electron chi connectivity index (χ1n) is 9.61. The van der Waals surface area contributed by atoms with E-state index in [4.69, 9.17) is 0 Å². The molecule has 1 rings (SSSR count). The van der Waals surface area contributed by atoms with Crippen molar-refractivity contribution in [2.45, 2.75) is 59.1 Å². The molecule has 0 saturated heterocycles. The zero-order valence-corrected chi connectivity index (χ0v) is 19.4. The highest BCUT2D eigenvalue weighted by Crippen LogP contribution is 2.43. The van der Waals surface area contributed by atoms with Crippen molar-refractivity contribution in [2.75, 3.05) is 7.11 Å². The van der Waals surface area contributed by atoms with Crippen molar-refractivity contribution in [3.05, 3.63) is 58.7 Å². The van der Waals surface area contributed by atoms with Gasteiger partial charge in [-0.2, -0.15) is 21.6 Å². The second kappa shape index (κ2) is 10.5. The number of esters is 1. The van der Waals surface area contributed by atoms with Crippen LogP contribution in [0.1, 0.15) is 47.5 Å². The minimum absolute atomic E-state index is 0.175. The van der Waals surface area contributed by atoms with Crippen molar-refractivity contribution < 1.29 is 35.3 Å². The van der Waals surface area contributed by atoms with E-state index in [1.165, 1.54) is 13.2 Å². The van der Waals surface area contributed by atoms with Crippen molar-refractivity contribution in [2.24, 2.45) is 5.41 Å². The van der Waals surface area contributed by atoms with Gasteiger partial charge >= 0.3 is 21.6 Å². The summed E-state index contributed by atoms with van der Waals surface area (Å²) in [5.74, 6) is -0.450. The highest BCUT2D eigenvalue weighted by Gasteiger charge is 2.49. The Balaban J connectivity index is 3.09. The smallest absolute Gasteiger partial charge is 0.466 e. The number of hydrogen-bond acceptors (Lipinski definition) is 5. The molecule has 0 heterocycles. The van der Waals surface area contributed by atoms with Gasteiger partial charge in [0.2, 0.25) is 0 Å². The number of halogens is 3. The highest BCUT2D eigenvalue weighted by atomic mass is 32.2. The van der Waals surface area contributed by atoms with Crippen LogP contribution >= 0.6 is 0 Å². The molecular weight excluding hydrogens is 433 g/mol. The van der Waals surface area contributed by atoms with Crippen LogP contribution in [0.3, 0.4) is 0 Å². The number of carbonyl (C=O) groups is 1. The van der Waals surface area contributed by atoms with Crippen LogP contribution in [-0.4, -0.2) is 33.1 Å². The second-order valence-electron chi connectivity index (χ2n) is 8.02. The molecule has 1 atom stereocenters. The molecular formula is C22H29F3O5S. The molecule has 31 heavy (non-hydrogen) atoms. The Hall–Kier alpha value is -2.13. The van der Waals surface area contributed by atoms with Crippen LogP contribution in [0.5, 0.6) is 0 Å². The van der Waals surface area contributed by atoms with Crippen LogP contribution in [0.2, 0.25) is 0 Å². The Morgan fingerprint density at radius 1 is 1.16 bits per heavy atom. The fourth-order valence-corrected chi connectivity index (χ4v) is 3.81. The molecule has 174 valence electrons. The lowest BCUT2D eigenvalue weighted by Crippen LogP contribution is -2.35. The Morgan fingerprint density at radius 3 is 2.32 bits per heavy atom. The Morgan fingerprint density at radius 2 is 1.77 bits per heavy atom. The molecule has 1 aliphatic carbocycles. The van der Waals surface area contributed by atoms with E-state index < -0.39 is 27.7 Å². The summed E-state index contributed by atoms with van der Waals surface area (Å²) < 4.78 is 70.0. The van der Waals surface area contributed by atoms with Gasteiger partial charge in [-0.25, -0.2) is 4.79 Å². The van der Waals surface area contributed by atoms with Crippen molar-refractivity contribution in [1.82, 2.24) is 0 Å². The zero-order chi connectivity index (χ0) is 24.0. The average Bonchev–Trinajstić information content (AvgIpc) is 2.62. The molecule has 0 aromatic rings. The van der Waals surface area contributed by atoms with E-state index in [1.807, 2.05) is 20.8 Å². The van der Waals surface area contributed by atoms with Gasteiger partial charge in [0.25, 0.3) is 0 Å². The van der Waals surface area contributed by atoms with Crippen LogP contribution in [0.25, 0.3) is 0 Å². The van der Waals surface area contributed by atoms with Gasteiger partial charge in [-0.3, -0.25) is 4.18 Å². The summed E-state index contributed by atoms with van der Waals surface area (Å²) in [5, 5.41) is 0. The normalized spacial score (nSPS) is 21.3. The van der Waals surface area contributed by atoms with Gasteiger partial charge in [0.05, 0.1) is 13.2 Å². The number of alkyl halides is 3. The van der Waals surface area contributed by atoms with Crippen molar-refractivity contribution in [3.63, 3.8) is 0 Å². The minimum atomic E-state index is -5.67. The molecule has 0 fully saturated rings. The summed E-state index contributed by atoms with van der Waals surface area (Å²) in [7, 11) is -4.38. The van der Waals surface area contributed by atoms with Gasteiger partial charge < -0.3 is 4.74 Å². The average molecular weight is 463 g/mol. The summed E-state index contributed by atoms with van der Waals surface area (Å²) in [6.07, 6.45) is 9.71. The van der Waals surface area contributed by atoms with Crippen molar-refractivity contribution >= 4 is 16.1 Å². The molecule has 1 unspecified atom stereocenters. The van der Waals surface area contributed by atoms with E-state index in [1.54, 1.807) is 44.2 Å². The first kappa shape index (κ1) is 26.9. The number of carbonyl (C=O) groups excluding carboxylic acids is 1. The maximum absolute atomic E-state index is 12.7. The van der Waals surface area contributed by atoms with E-state index >= 15 is 0 Å². The van der Waals surface area contributed by atoms with E-state index in [2.05, 4.69) is 8.92 Å². The highest BCUT2D eigenvalue weighted by molar-refractivity contribution is 7.87. The predicted molar refractivity (Wildman–Crippen MR) is 113 cm³/mol. The third-order valence-corrected chi connectivity index (χ3v) is 6.03. The first-order valence-corrected chi connectivity index (χ1v) is 11.0. The molecule has 0 aromatic carbocycles. The summed E-state index contributed by atoms with van der Waals surface area (Å²) in [5.41, 5.74) is -3.05. The molecule has 0 amide bonds. The third-order valence-electron chi connectivity index (χ3n) is 4.97. The summed E-state index contributed by atoms with van der Waals surface area (Å²) in [4.78, 5) is 11.2. The number of ether oxygens (including phenoxy) is 1. The molecule has 0 N–H and O–H groups in total. The van der Waals surface area contributed by atoms with Crippen LogP contribution in [-0.2, 0) is 23.8 Å². The number of methoxy groups -OCH3 is 1. The Labute approximate surface area is 182 Å². The van der Waals surface area contributed by atoms with Crippen LogP contribution in [0, 0.1) is 5.41 Å². The van der Waals surface area contributed by atoms with Crippen molar-refractivity contribution in [3.8, 4) is 0 Å². The van der Waals surface area contributed by atoms with Crippen LogP contribution < -0.4 is 0 Å². The second-order valence-corrected chi connectivity index (χ2v) is 9.58. The van der Waals surface area contributed by atoms with Gasteiger partial charge in [0, 0.05) is 6.08 Å². The lowest BCUT2D eigenvalue weighted by Gasteiger charge is -2.36. The van der Waals surface area contributed by atoms with E-state index in [0.717, 1.165) is 11.1 Å². The molecule has 1 aliphatic rings. The summed E-state index contributed by atoms with van der Waals surface area (Å²) in [6, 6.07) is 0. The fraction of sp³-hybridized carbons (Fsp3) is 0.500. The van der Waals surface area contributed by atoms with E-state index in [9.17, 15) is 26.4 Å². The topological polar surface area (TPSA) is 69.7 Å². The largest absolute Gasteiger partial charge is 0.523 e. The number of hydrogen-bond donors (Lipinski definition) is 0. The molecule has 9 heteroatoms. The van der Waals surface area contributed by atoms with Gasteiger partial charge in [-0.1, -0.05) is 49.8 Å². The molecule has 0 spiro atoms. The summed E-state index contributed by atoms with van der Waals surface area (Å²) in [6.45, 7) is 9.08. The third kappa shape index (κ3) is 7.81. The molecule has 0 aliphatic heterocycles. The summed E-state index contributed by atoms with van der Waals surface area (Å²) >= 11 is 0. The molecule has 5 nitrogen and oxygen atoms in total. The predicted octanol–water partition coefficient (Wildman–Crippen LogP) is 5.54. The maximum atomic E-state index is 12.7. The maximum Gasteiger partial charge on any atom is 0.523 e. The Bertz CT molecular complexity index is 933. The quantitative estimate of drug-likeness (QED) is 0.163. The van der Waals surface area contributed by atoms with Crippen LogP contribution in [0.4, 0.5) is 13.2 Å². The van der Waals surface area contributed by atoms with E-state index in [0.29, 0.717) is 17.6 Å². The lowest BCUT2D eigenvalue weighted by atomic mass is 9.71. The fourth-order valence-electron chi connectivity index (χ4n) is 3.15. The zero-order valence-electron chi connectivity index (χ0n) is 18.5. The number of rotatable bonds is 7. The van der Waals surface area contributed by atoms with Crippen LogP contribution in [0.15, 0.2) is 58.7 Å². The molecule has 0 saturated carbocycles. The molecule has 0 radical (unpaired) electrons. The minimum Gasteiger partial charge on any atom is -0.466 e. The Kier molecular flexibility index (Phi) is 9.07. The lowest BCUT2D eigenvalue weighted by molar-refractivity contribution is -0.134.